The van der Waals surface area contributed by atoms with Gasteiger partial charge in [0.25, 0.3) is 0 Å². The summed E-state index contributed by atoms with van der Waals surface area (Å²) in [6.45, 7) is 5.02. The lowest BCUT2D eigenvalue weighted by molar-refractivity contribution is 0.404. The fourth-order valence-electron chi connectivity index (χ4n) is 2.71. The molecule has 136 valence electrons. The van der Waals surface area contributed by atoms with Gasteiger partial charge in [-0.15, -0.1) is 11.3 Å². The predicted octanol–water partition coefficient (Wildman–Crippen LogP) is 5.45. The third-order valence-electron chi connectivity index (χ3n) is 4.13. The van der Waals surface area contributed by atoms with Crippen molar-refractivity contribution in [2.75, 3.05) is 14.2 Å². The number of thiazole rings is 1. The van der Waals surface area contributed by atoms with Gasteiger partial charge in [0.1, 0.15) is 17.2 Å². The fourth-order valence-corrected chi connectivity index (χ4v) is 3.93. The summed E-state index contributed by atoms with van der Waals surface area (Å²) in [5, 5.41) is 2.63. The molecule has 6 heteroatoms. The molecule has 3 rings (SSSR count). The summed E-state index contributed by atoms with van der Waals surface area (Å²) in [7, 11) is 3.20. The Hall–Kier alpha value is -2.24. The smallest absolute Gasteiger partial charge is 0.190 e. The molecule has 0 atom stereocenters. The van der Waals surface area contributed by atoms with Crippen molar-refractivity contribution in [1.29, 1.82) is 0 Å². The first kappa shape index (κ1) is 18.5. The van der Waals surface area contributed by atoms with Gasteiger partial charge in [0.05, 0.1) is 24.9 Å². The van der Waals surface area contributed by atoms with Crippen LogP contribution >= 0.6 is 22.9 Å². The molecule has 1 aromatic heterocycles. The number of hydrogen-bond acceptors (Lipinski definition) is 4. The van der Waals surface area contributed by atoms with Gasteiger partial charge in [0.15, 0.2) is 4.80 Å². The van der Waals surface area contributed by atoms with Gasteiger partial charge >= 0.3 is 0 Å². The number of methoxy groups -OCH3 is 2. The van der Waals surface area contributed by atoms with Gasteiger partial charge in [-0.3, -0.25) is 0 Å². The Morgan fingerprint density at radius 2 is 1.77 bits per heavy atom. The van der Waals surface area contributed by atoms with Gasteiger partial charge in [-0.2, -0.15) is 0 Å². The van der Waals surface area contributed by atoms with E-state index in [4.69, 9.17) is 26.1 Å². The lowest BCUT2D eigenvalue weighted by Gasteiger charge is -2.09. The number of halogens is 1. The number of hydrogen-bond donors (Lipinski definition) is 0. The summed E-state index contributed by atoms with van der Waals surface area (Å²) >= 11 is 7.79. The van der Waals surface area contributed by atoms with E-state index < -0.39 is 0 Å². The Kier molecular flexibility index (Phi) is 5.69. The highest BCUT2D eigenvalue weighted by Crippen LogP contribution is 2.37. The van der Waals surface area contributed by atoms with Gasteiger partial charge < -0.3 is 14.0 Å². The largest absolute Gasteiger partial charge is 0.495 e. The molecule has 0 saturated carbocycles. The molecule has 0 aliphatic heterocycles. The highest BCUT2D eigenvalue weighted by atomic mass is 35.5. The van der Waals surface area contributed by atoms with Crippen molar-refractivity contribution in [2.24, 2.45) is 4.99 Å². The summed E-state index contributed by atoms with van der Waals surface area (Å²) in [4.78, 5) is 5.71. The van der Waals surface area contributed by atoms with Crippen LogP contribution in [-0.2, 0) is 6.54 Å². The molecule has 0 amide bonds. The number of rotatable bonds is 5. The lowest BCUT2D eigenvalue weighted by Crippen LogP contribution is -2.14. The number of aromatic nitrogens is 1. The molecule has 0 spiro atoms. The SMILES string of the molecule is CCn1c(-c2ccc(C)cc2)csc1=Nc1cc(OC)c(Cl)cc1OC. The van der Waals surface area contributed by atoms with Gasteiger partial charge in [-0.05, 0) is 19.4 Å². The minimum absolute atomic E-state index is 0.498. The Morgan fingerprint density at radius 1 is 1.08 bits per heavy atom. The second-order valence-corrected chi connectivity index (χ2v) is 7.03. The number of aryl methyl sites for hydroxylation is 1. The van der Waals surface area contributed by atoms with Gasteiger partial charge in [-0.1, -0.05) is 41.4 Å². The van der Waals surface area contributed by atoms with Crippen LogP contribution in [-0.4, -0.2) is 18.8 Å². The van der Waals surface area contributed by atoms with Crippen molar-refractivity contribution in [3.63, 3.8) is 0 Å². The van der Waals surface area contributed by atoms with Gasteiger partial charge in [0, 0.05) is 24.1 Å². The lowest BCUT2D eigenvalue weighted by atomic mass is 10.1. The Morgan fingerprint density at radius 3 is 2.38 bits per heavy atom. The molecule has 26 heavy (non-hydrogen) atoms. The maximum atomic E-state index is 6.19. The molecule has 1 heterocycles. The summed E-state index contributed by atoms with van der Waals surface area (Å²) < 4.78 is 12.9. The zero-order valence-corrected chi connectivity index (χ0v) is 16.8. The molecule has 0 N–H and O–H groups in total. The first-order valence-corrected chi connectivity index (χ1v) is 9.54. The van der Waals surface area contributed by atoms with E-state index in [1.165, 1.54) is 11.1 Å². The van der Waals surface area contributed by atoms with Crippen molar-refractivity contribution in [1.82, 2.24) is 4.57 Å². The van der Waals surface area contributed by atoms with Crippen molar-refractivity contribution in [3.05, 3.63) is 57.2 Å². The quantitative estimate of drug-likeness (QED) is 0.582. The monoisotopic (exact) mass is 388 g/mol. The van der Waals surface area contributed by atoms with Crippen LogP contribution in [0.2, 0.25) is 5.02 Å². The normalized spacial score (nSPS) is 11.7. The Balaban J connectivity index is 2.14. The maximum absolute atomic E-state index is 6.19. The molecular weight excluding hydrogens is 368 g/mol. The third kappa shape index (κ3) is 3.64. The summed E-state index contributed by atoms with van der Waals surface area (Å²) in [5.41, 5.74) is 4.26. The van der Waals surface area contributed by atoms with Crippen LogP contribution in [0.4, 0.5) is 5.69 Å². The van der Waals surface area contributed by atoms with Crippen LogP contribution in [0.1, 0.15) is 12.5 Å². The Labute approximate surface area is 162 Å². The van der Waals surface area contributed by atoms with E-state index in [1.807, 2.05) is 0 Å². The van der Waals surface area contributed by atoms with E-state index in [0.717, 1.165) is 17.0 Å². The molecule has 0 unspecified atom stereocenters. The van der Waals surface area contributed by atoms with Crippen molar-refractivity contribution >= 4 is 28.6 Å². The topological polar surface area (TPSA) is 35.8 Å². The number of nitrogens with zero attached hydrogens (tertiary/aromatic N) is 2. The average Bonchev–Trinajstić information content (AvgIpc) is 3.05. The van der Waals surface area contributed by atoms with Crippen molar-refractivity contribution < 1.29 is 9.47 Å². The minimum Gasteiger partial charge on any atom is -0.495 e. The highest BCUT2D eigenvalue weighted by Gasteiger charge is 2.11. The summed E-state index contributed by atoms with van der Waals surface area (Å²) in [5.74, 6) is 1.19. The first-order chi connectivity index (χ1) is 12.6. The second-order valence-electron chi connectivity index (χ2n) is 5.78. The molecular formula is C20H21ClN2O2S. The van der Waals surface area contributed by atoms with Crippen LogP contribution < -0.4 is 14.3 Å². The van der Waals surface area contributed by atoms with E-state index >= 15 is 0 Å². The highest BCUT2D eigenvalue weighted by molar-refractivity contribution is 7.07. The van der Waals surface area contributed by atoms with Crippen molar-refractivity contribution in [3.8, 4) is 22.8 Å². The minimum atomic E-state index is 0.498. The molecule has 0 saturated heterocycles. The molecule has 0 bridgehead atoms. The van der Waals surface area contributed by atoms with E-state index in [1.54, 1.807) is 37.7 Å². The zero-order chi connectivity index (χ0) is 18.7. The summed E-state index contributed by atoms with van der Waals surface area (Å²) in [6, 6.07) is 12.0. The van der Waals surface area contributed by atoms with Crippen molar-refractivity contribution in [2.45, 2.75) is 20.4 Å². The fraction of sp³-hybridized carbons (Fsp3) is 0.250. The third-order valence-corrected chi connectivity index (χ3v) is 5.29. The summed E-state index contributed by atoms with van der Waals surface area (Å²) in [6.07, 6.45) is 0. The van der Waals surface area contributed by atoms with Crippen LogP contribution in [0.25, 0.3) is 11.3 Å². The molecule has 3 aromatic rings. The van der Waals surface area contributed by atoms with Crippen LogP contribution in [0.5, 0.6) is 11.5 Å². The average molecular weight is 389 g/mol. The molecule has 0 fully saturated rings. The maximum Gasteiger partial charge on any atom is 0.190 e. The molecule has 0 aliphatic rings. The zero-order valence-electron chi connectivity index (χ0n) is 15.2. The number of benzene rings is 2. The molecule has 2 aromatic carbocycles. The van der Waals surface area contributed by atoms with Crippen LogP contribution in [0, 0.1) is 6.92 Å². The van der Waals surface area contributed by atoms with E-state index in [-0.39, 0.29) is 0 Å². The number of ether oxygens (including phenoxy) is 2. The second kappa shape index (κ2) is 7.98. The molecule has 0 aliphatic carbocycles. The van der Waals surface area contributed by atoms with E-state index in [9.17, 15) is 0 Å². The Bertz CT molecular complexity index is 974. The van der Waals surface area contributed by atoms with E-state index in [0.29, 0.717) is 22.2 Å². The van der Waals surface area contributed by atoms with Crippen LogP contribution in [0.15, 0.2) is 46.8 Å². The van der Waals surface area contributed by atoms with Crippen LogP contribution in [0.3, 0.4) is 0 Å². The standard InChI is InChI=1S/C20H21ClN2O2S/c1-5-23-17(14-8-6-13(2)7-9-14)12-26-20(23)22-16-11-18(24-3)15(21)10-19(16)25-4/h6-12H,5H2,1-4H3. The first-order valence-electron chi connectivity index (χ1n) is 8.29. The molecule has 0 radical (unpaired) electrons. The predicted molar refractivity (Wildman–Crippen MR) is 108 cm³/mol. The molecule has 4 nitrogen and oxygen atoms in total. The van der Waals surface area contributed by atoms with Gasteiger partial charge in [-0.25, -0.2) is 4.99 Å². The van der Waals surface area contributed by atoms with Gasteiger partial charge in [0.2, 0.25) is 0 Å². The van der Waals surface area contributed by atoms with E-state index in [2.05, 4.69) is 48.1 Å².